The van der Waals surface area contributed by atoms with Gasteiger partial charge in [-0.25, -0.2) is 4.39 Å². The zero-order valence-corrected chi connectivity index (χ0v) is 16.5. The van der Waals surface area contributed by atoms with Gasteiger partial charge in [0, 0.05) is 6.54 Å². The topological polar surface area (TPSA) is 69.0 Å². The van der Waals surface area contributed by atoms with Crippen molar-refractivity contribution in [2.24, 2.45) is 0 Å². The largest absolute Gasteiger partial charge is 0.486 e. The van der Waals surface area contributed by atoms with E-state index in [-0.39, 0.29) is 24.0 Å². The third kappa shape index (κ3) is 5.10. The number of hydrogen-bond acceptors (Lipinski definition) is 5. The molecule has 1 N–H and O–H groups in total. The van der Waals surface area contributed by atoms with E-state index in [0.717, 1.165) is 11.3 Å². The highest BCUT2D eigenvalue weighted by Gasteiger charge is 2.14. The molecule has 0 radical (unpaired) electrons. The molecule has 0 atom stereocenters. The van der Waals surface area contributed by atoms with Crippen molar-refractivity contribution in [1.82, 2.24) is 14.8 Å². The van der Waals surface area contributed by atoms with E-state index in [4.69, 9.17) is 4.74 Å². The van der Waals surface area contributed by atoms with E-state index in [1.807, 2.05) is 42.7 Å². The van der Waals surface area contributed by atoms with Crippen molar-refractivity contribution in [3.63, 3.8) is 0 Å². The molecule has 146 valence electrons. The zero-order chi connectivity index (χ0) is 19.9. The first-order valence-electron chi connectivity index (χ1n) is 8.85. The highest BCUT2D eigenvalue weighted by atomic mass is 32.2. The number of anilines is 1. The fraction of sp³-hybridized carbons (Fsp3) is 0.250. The zero-order valence-electron chi connectivity index (χ0n) is 15.7. The molecule has 0 unspecified atom stereocenters. The number of para-hydroxylation sites is 1. The normalized spacial score (nSPS) is 10.7. The number of rotatable bonds is 8. The maximum absolute atomic E-state index is 13.6. The van der Waals surface area contributed by atoms with Crippen LogP contribution in [0.5, 0.6) is 5.75 Å². The predicted octanol–water partition coefficient (Wildman–Crippen LogP) is 4.06. The average Bonchev–Trinajstić information content (AvgIpc) is 3.09. The SMILES string of the molecule is CCn1c(COc2ccc(C)cc2)nnc1SCC(=O)Nc1ccccc1F. The van der Waals surface area contributed by atoms with Crippen LogP contribution < -0.4 is 10.1 Å². The summed E-state index contributed by atoms with van der Waals surface area (Å²) < 4.78 is 21.3. The summed E-state index contributed by atoms with van der Waals surface area (Å²) in [6.45, 7) is 4.92. The lowest BCUT2D eigenvalue weighted by Crippen LogP contribution is -2.15. The summed E-state index contributed by atoms with van der Waals surface area (Å²) in [6, 6.07) is 13.8. The molecule has 0 aliphatic heterocycles. The lowest BCUT2D eigenvalue weighted by atomic mass is 10.2. The molecule has 3 rings (SSSR count). The van der Waals surface area contributed by atoms with Crippen molar-refractivity contribution < 1.29 is 13.9 Å². The number of ether oxygens (including phenoxy) is 1. The van der Waals surface area contributed by atoms with Crippen LogP contribution in [0.3, 0.4) is 0 Å². The van der Waals surface area contributed by atoms with Gasteiger partial charge in [-0.05, 0) is 38.1 Å². The van der Waals surface area contributed by atoms with Gasteiger partial charge in [-0.1, -0.05) is 41.6 Å². The lowest BCUT2D eigenvalue weighted by molar-refractivity contribution is -0.113. The van der Waals surface area contributed by atoms with Crippen molar-refractivity contribution in [2.45, 2.75) is 32.2 Å². The van der Waals surface area contributed by atoms with Crippen LogP contribution in [0, 0.1) is 12.7 Å². The number of thioether (sulfide) groups is 1. The summed E-state index contributed by atoms with van der Waals surface area (Å²) in [6.07, 6.45) is 0. The number of hydrogen-bond donors (Lipinski definition) is 1. The molecule has 8 heteroatoms. The quantitative estimate of drug-likeness (QED) is 0.578. The van der Waals surface area contributed by atoms with E-state index in [2.05, 4.69) is 15.5 Å². The molecule has 2 aromatic carbocycles. The molecule has 1 amide bonds. The summed E-state index contributed by atoms with van der Waals surface area (Å²) >= 11 is 1.25. The third-order valence-electron chi connectivity index (χ3n) is 3.98. The van der Waals surface area contributed by atoms with Gasteiger partial charge < -0.3 is 14.6 Å². The first-order valence-corrected chi connectivity index (χ1v) is 9.84. The number of nitrogens with zero attached hydrogens (tertiary/aromatic N) is 3. The predicted molar refractivity (Wildman–Crippen MR) is 107 cm³/mol. The Balaban J connectivity index is 1.58. The molecule has 1 heterocycles. The second kappa shape index (κ2) is 9.36. The monoisotopic (exact) mass is 400 g/mol. The summed E-state index contributed by atoms with van der Waals surface area (Å²) in [5.41, 5.74) is 1.33. The lowest BCUT2D eigenvalue weighted by Gasteiger charge is -2.09. The Kier molecular flexibility index (Phi) is 6.65. The molecular formula is C20H21FN4O2S. The molecule has 0 aliphatic carbocycles. The number of carbonyl (C=O) groups excluding carboxylic acids is 1. The molecule has 0 saturated carbocycles. The fourth-order valence-electron chi connectivity index (χ4n) is 2.51. The van der Waals surface area contributed by atoms with Crippen molar-refractivity contribution in [1.29, 1.82) is 0 Å². The Morgan fingerprint density at radius 2 is 1.93 bits per heavy atom. The van der Waals surface area contributed by atoms with Crippen LogP contribution >= 0.6 is 11.8 Å². The van der Waals surface area contributed by atoms with E-state index in [9.17, 15) is 9.18 Å². The molecule has 0 fully saturated rings. The van der Waals surface area contributed by atoms with Crippen molar-refractivity contribution in [2.75, 3.05) is 11.1 Å². The summed E-state index contributed by atoms with van der Waals surface area (Å²) in [4.78, 5) is 12.1. The third-order valence-corrected chi connectivity index (χ3v) is 4.95. The van der Waals surface area contributed by atoms with Crippen LogP contribution in [0.2, 0.25) is 0 Å². The van der Waals surface area contributed by atoms with Gasteiger partial charge in [0.25, 0.3) is 0 Å². The molecular weight excluding hydrogens is 379 g/mol. The first kappa shape index (κ1) is 19.9. The summed E-state index contributed by atoms with van der Waals surface area (Å²) in [5.74, 6) is 0.770. The van der Waals surface area contributed by atoms with E-state index in [1.165, 1.54) is 23.9 Å². The minimum atomic E-state index is -0.465. The molecule has 0 aliphatic rings. The first-order chi connectivity index (χ1) is 13.6. The van der Waals surface area contributed by atoms with Crippen LogP contribution in [0.4, 0.5) is 10.1 Å². The van der Waals surface area contributed by atoms with Crippen LogP contribution in [-0.2, 0) is 17.9 Å². The van der Waals surface area contributed by atoms with Crippen molar-refractivity contribution in [3.05, 3.63) is 65.7 Å². The molecule has 3 aromatic rings. The maximum atomic E-state index is 13.6. The van der Waals surface area contributed by atoms with E-state index < -0.39 is 5.82 Å². The Labute approximate surface area is 167 Å². The Hall–Kier alpha value is -2.87. The Morgan fingerprint density at radius 1 is 1.18 bits per heavy atom. The van der Waals surface area contributed by atoms with Gasteiger partial charge in [0.05, 0.1) is 11.4 Å². The number of amides is 1. The maximum Gasteiger partial charge on any atom is 0.234 e. The van der Waals surface area contributed by atoms with Gasteiger partial charge in [0.2, 0.25) is 5.91 Å². The Morgan fingerprint density at radius 3 is 2.64 bits per heavy atom. The van der Waals surface area contributed by atoms with Gasteiger partial charge >= 0.3 is 0 Å². The molecule has 0 spiro atoms. The fourth-order valence-corrected chi connectivity index (χ4v) is 3.33. The number of aromatic nitrogens is 3. The molecule has 0 bridgehead atoms. The van der Waals surface area contributed by atoms with Crippen LogP contribution in [0.15, 0.2) is 53.7 Å². The van der Waals surface area contributed by atoms with E-state index in [1.54, 1.807) is 12.1 Å². The average molecular weight is 400 g/mol. The minimum Gasteiger partial charge on any atom is -0.486 e. The highest BCUT2D eigenvalue weighted by molar-refractivity contribution is 7.99. The smallest absolute Gasteiger partial charge is 0.234 e. The molecule has 1 aromatic heterocycles. The summed E-state index contributed by atoms with van der Waals surface area (Å²) in [7, 11) is 0. The van der Waals surface area contributed by atoms with Crippen LogP contribution in [0.25, 0.3) is 0 Å². The standard InChI is InChI=1S/C20H21FN4O2S/c1-3-25-18(12-27-15-10-8-14(2)9-11-15)23-24-20(25)28-13-19(26)22-17-7-5-4-6-16(17)21/h4-11H,3,12-13H2,1-2H3,(H,22,26). The second-order valence-electron chi connectivity index (χ2n) is 6.06. The number of halogens is 1. The molecule has 0 saturated heterocycles. The number of aryl methyl sites for hydroxylation is 1. The Bertz CT molecular complexity index is 944. The van der Waals surface area contributed by atoms with Gasteiger partial charge in [0.15, 0.2) is 11.0 Å². The summed E-state index contributed by atoms with van der Waals surface area (Å²) in [5, 5.41) is 11.5. The minimum absolute atomic E-state index is 0.102. The number of benzene rings is 2. The molecule has 6 nitrogen and oxygen atoms in total. The highest BCUT2D eigenvalue weighted by Crippen LogP contribution is 2.20. The number of nitrogens with one attached hydrogen (secondary N) is 1. The van der Waals surface area contributed by atoms with Gasteiger partial charge in [0.1, 0.15) is 18.2 Å². The van der Waals surface area contributed by atoms with Crippen LogP contribution in [-0.4, -0.2) is 26.4 Å². The number of carbonyl (C=O) groups is 1. The molecule has 28 heavy (non-hydrogen) atoms. The van der Waals surface area contributed by atoms with Gasteiger partial charge in [-0.2, -0.15) is 0 Å². The van der Waals surface area contributed by atoms with E-state index >= 15 is 0 Å². The second-order valence-corrected chi connectivity index (χ2v) is 7.00. The van der Waals surface area contributed by atoms with Crippen molar-refractivity contribution >= 4 is 23.4 Å². The van der Waals surface area contributed by atoms with Gasteiger partial charge in [-0.15, -0.1) is 10.2 Å². The van der Waals surface area contributed by atoms with Crippen LogP contribution in [0.1, 0.15) is 18.3 Å². The van der Waals surface area contributed by atoms with Crippen molar-refractivity contribution in [3.8, 4) is 5.75 Å². The van der Waals surface area contributed by atoms with E-state index in [0.29, 0.717) is 17.5 Å². The van der Waals surface area contributed by atoms with Gasteiger partial charge in [-0.3, -0.25) is 4.79 Å².